The second kappa shape index (κ2) is 4.06. The molecule has 0 atom stereocenters. The molecule has 0 fully saturated rings. The Bertz CT molecular complexity index is 400. The van der Waals surface area contributed by atoms with E-state index in [-0.39, 0.29) is 0 Å². The van der Waals surface area contributed by atoms with E-state index in [0.29, 0.717) is 17.5 Å². The molecule has 5 nitrogen and oxygen atoms in total. The van der Waals surface area contributed by atoms with Crippen molar-refractivity contribution >= 4 is 17.5 Å². The topological polar surface area (TPSA) is 68.6 Å². The van der Waals surface area contributed by atoms with E-state index in [1.165, 1.54) is 0 Å². The standard InChI is InChI=1S/C8H7ClN5/c9-7-4-2-1-3-6(7)5-10-8-11-13-14-12-8/h1-4H,5H2,(H-,10,11,12,13,14)/q-1. The van der Waals surface area contributed by atoms with Crippen molar-refractivity contribution in [2.75, 3.05) is 0 Å². The first-order chi connectivity index (χ1) is 6.86. The van der Waals surface area contributed by atoms with Crippen molar-refractivity contribution < 1.29 is 0 Å². The fourth-order valence-electron chi connectivity index (χ4n) is 1.01. The van der Waals surface area contributed by atoms with Gasteiger partial charge in [-0.25, -0.2) is 0 Å². The van der Waals surface area contributed by atoms with E-state index in [1.54, 1.807) is 0 Å². The second-order valence-electron chi connectivity index (χ2n) is 2.62. The molecule has 1 N–H and O–H groups in total. The van der Waals surface area contributed by atoms with Gasteiger partial charge in [-0.05, 0) is 11.6 Å². The second-order valence-corrected chi connectivity index (χ2v) is 3.03. The summed E-state index contributed by atoms with van der Waals surface area (Å²) in [7, 11) is 0. The van der Waals surface area contributed by atoms with E-state index in [1.807, 2.05) is 24.3 Å². The minimum Gasteiger partial charge on any atom is -0.386 e. The molecule has 0 aliphatic heterocycles. The Hall–Kier alpha value is -1.62. The third-order valence-electron chi connectivity index (χ3n) is 1.68. The molecule has 0 bridgehead atoms. The number of halogens is 1. The molecule has 0 saturated carbocycles. The van der Waals surface area contributed by atoms with E-state index < -0.39 is 0 Å². The monoisotopic (exact) mass is 208 g/mol. The Balaban J connectivity index is 2.02. The maximum absolute atomic E-state index is 5.94. The quantitative estimate of drug-likeness (QED) is 0.840. The molecule has 0 radical (unpaired) electrons. The number of benzene rings is 1. The highest BCUT2D eigenvalue weighted by Gasteiger charge is 1.96. The van der Waals surface area contributed by atoms with Gasteiger partial charge in [-0.1, -0.05) is 29.8 Å². The molecule has 2 rings (SSSR count). The normalized spacial score (nSPS) is 10.1. The summed E-state index contributed by atoms with van der Waals surface area (Å²) < 4.78 is 0. The number of nitrogens with one attached hydrogen (secondary N) is 1. The first kappa shape index (κ1) is 8.96. The molecule has 0 spiro atoms. The molecule has 1 heterocycles. The summed E-state index contributed by atoms with van der Waals surface area (Å²) in [5.74, 6) is 0.338. The third kappa shape index (κ3) is 2.00. The summed E-state index contributed by atoms with van der Waals surface area (Å²) in [4.78, 5) is 0. The van der Waals surface area contributed by atoms with Gasteiger partial charge < -0.3 is 5.32 Å². The summed E-state index contributed by atoms with van der Waals surface area (Å²) >= 11 is 5.94. The first-order valence-electron chi connectivity index (χ1n) is 4.00. The minimum absolute atomic E-state index is 0.338. The van der Waals surface area contributed by atoms with Crippen molar-refractivity contribution in [1.82, 2.24) is 20.6 Å². The van der Waals surface area contributed by atoms with Crippen LogP contribution in [0.5, 0.6) is 0 Å². The lowest BCUT2D eigenvalue weighted by molar-refractivity contribution is 0.881. The van der Waals surface area contributed by atoms with Gasteiger partial charge in [0, 0.05) is 11.6 Å². The Labute approximate surface area is 85.5 Å². The van der Waals surface area contributed by atoms with Crippen LogP contribution in [0.4, 0.5) is 5.95 Å². The Morgan fingerprint density at radius 3 is 2.93 bits per heavy atom. The molecule has 0 aliphatic rings. The third-order valence-corrected chi connectivity index (χ3v) is 2.05. The van der Waals surface area contributed by atoms with Crippen LogP contribution < -0.4 is 0 Å². The predicted octanol–water partition coefficient (Wildman–Crippen LogP) is 2.06. The van der Waals surface area contributed by atoms with Crippen LogP contribution in [-0.4, -0.2) is 20.6 Å². The van der Waals surface area contributed by atoms with Crippen molar-refractivity contribution in [2.45, 2.75) is 6.54 Å². The zero-order valence-electron chi connectivity index (χ0n) is 7.18. The lowest BCUT2D eigenvalue weighted by atomic mass is 10.2. The van der Waals surface area contributed by atoms with Crippen molar-refractivity contribution in [3.8, 4) is 0 Å². The van der Waals surface area contributed by atoms with Crippen LogP contribution in [0.1, 0.15) is 5.56 Å². The minimum atomic E-state index is 0.338. The number of rotatable bonds is 3. The van der Waals surface area contributed by atoms with E-state index in [0.717, 1.165) is 5.56 Å². The lowest BCUT2D eigenvalue weighted by Gasteiger charge is -2.07. The summed E-state index contributed by atoms with van der Waals surface area (Å²) in [5, 5.41) is 17.9. The molecular formula is C8H7ClN5-. The Kier molecular flexibility index (Phi) is 2.60. The molecule has 14 heavy (non-hydrogen) atoms. The van der Waals surface area contributed by atoms with Crippen LogP contribution in [0, 0.1) is 0 Å². The maximum atomic E-state index is 5.94. The van der Waals surface area contributed by atoms with Crippen molar-refractivity contribution in [1.29, 1.82) is 0 Å². The SMILES string of the molecule is Clc1ccccc1C[N-]c1nn[nH]n1. The van der Waals surface area contributed by atoms with Crippen LogP contribution in [0.25, 0.3) is 5.32 Å². The largest absolute Gasteiger partial charge is 0.386 e. The highest BCUT2D eigenvalue weighted by atomic mass is 35.5. The molecule has 72 valence electrons. The first-order valence-corrected chi connectivity index (χ1v) is 4.38. The molecule has 2 aromatic rings. The molecule has 0 unspecified atom stereocenters. The molecule has 6 heteroatoms. The summed E-state index contributed by atoms with van der Waals surface area (Å²) in [6.45, 7) is 0.458. The fourth-order valence-corrected chi connectivity index (χ4v) is 1.20. The van der Waals surface area contributed by atoms with Crippen LogP contribution >= 0.6 is 11.6 Å². The van der Waals surface area contributed by atoms with Gasteiger partial charge >= 0.3 is 0 Å². The fraction of sp³-hybridized carbons (Fsp3) is 0.125. The van der Waals surface area contributed by atoms with Crippen LogP contribution in [0.2, 0.25) is 5.02 Å². The van der Waals surface area contributed by atoms with Crippen LogP contribution in [0.15, 0.2) is 24.3 Å². The van der Waals surface area contributed by atoms with E-state index >= 15 is 0 Å². The average Bonchev–Trinajstić information content (AvgIpc) is 2.69. The number of hydrogen-bond donors (Lipinski definition) is 1. The molecule has 0 amide bonds. The number of nitrogens with zero attached hydrogens (tertiary/aromatic N) is 4. The zero-order valence-corrected chi connectivity index (χ0v) is 7.94. The molecule has 1 aromatic heterocycles. The molecule has 0 aliphatic carbocycles. The van der Waals surface area contributed by atoms with Gasteiger partial charge in [0.05, 0.1) is 5.95 Å². The van der Waals surface area contributed by atoms with Gasteiger partial charge in [-0.3, -0.25) is 15.4 Å². The Morgan fingerprint density at radius 1 is 1.36 bits per heavy atom. The van der Waals surface area contributed by atoms with Crippen LogP contribution in [0.3, 0.4) is 0 Å². The zero-order chi connectivity index (χ0) is 9.80. The van der Waals surface area contributed by atoms with Gasteiger partial charge in [0.25, 0.3) is 0 Å². The number of hydrogen-bond acceptors (Lipinski definition) is 3. The average molecular weight is 209 g/mol. The maximum Gasteiger partial charge on any atom is 0.0617 e. The van der Waals surface area contributed by atoms with Gasteiger partial charge in [-0.2, -0.15) is 0 Å². The lowest BCUT2D eigenvalue weighted by Crippen LogP contribution is -1.84. The van der Waals surface area contributed by atoms with Gasteiger partial charge in [0.15, 0.2) is 0 Å². The molecular weight excluding hydrogens is 202 g/mol. The predicted molar refractivity (Wildman–Crippen MR) is 52.4 cm³/mol. The highest BCUT2D eigenvalue weighted by molar-refractivity contribution is 6.31. The summed E-state index contributed by atoms with van der Waals surface area (Å²) in [6, 6.07) is 7.52. The van der Waals surface area contributed by atoms with Gasteiger partial charge in [-0.15, -0.1) is 5.21 Å². The Morgan fingerprint density at radius 2 is 2.21 bits per heavy atom. The summed E-state index contributed by atoms with van der Waals surface area (Å²) in [5.41, 5.74) is 0.943. The van der Waals surface area contributed by atoms with Gasteiger partial charge in [0.2, 0.25) is 0 Å². The van der Waals surface area contributed by atoms with Gasteiger partial charge in [0.1, 0.15) is 0 Å². The number of H-pyrrole nitrogens is 1. The van der Waals surface area contributed by atoms with Crippen molar-refractivity contribution in [2.24, 2.45) is 0 Å². The van der Waals surface area contributed by atoms with Crippen LogP contribution in [-0.2, 0) is 6.54 Å². The van der Waals surface area contributed by atoms with Crippen molar-refractivity contribution in [3.63, 3.8) is 0 Å². The number of aromatic amines is 1. The van der Waals surface area contributed by atoms with E-state index in [4.69, 9.17) is 11.6 Å². The number of tetrazole rings is 1. The smallest absolute Gasteiger partial charge is 0.0617 e. The molecule has 1 aromatic carbocycles. The van der Waals surface area contributed by atoms with E-state index in [2.05, 4.69) is 25.9 Å². The van der Waals surface area contributed by atoms with E-state index in [9.17, 15) is 0 Å². The van der Waals surface area contributed by atoms with Crippen molar-refractivity contribution in [3.05, 3.63) is 40.2 Å². The highest BCUT2D eigenvalue weighted by Crippen LogP contribution is 2.20. The molecule has 0 saturated heterocycles. The number of aromatic nitrogens is 4. The summed E-state index contributed by atoms with van der Waals surface area (Å²) in [6.07, 6.45) is 0.